The largest absolute Gasteiger partial charge is 0.508 e. The number of nitrogens with zero attached hydrogens (tertiary/aromatic N) is 2. The van der Waals surface area contributed by atoms with Crippen LogP contribution in [0.15, 0.2) is 54.1 Å². The van der Waals surface area contributed by atoms with Gasteiger partial charge in [0.05, 0.1) is 23.1 Å². The number of hydrogen-bond acceptors (Lipinski definition) is 6. The zero-order valence-electron chi connectivity index (χ0n) is 24.7. The Bertz CT molecular complexity index is 2140. The Hall–Kier alpha value is -4.53. The zero-order chi connectivity index (χ0) is 36.4. The molecule has 9 nitrogen and oxygen atoms in total. The van der Waals surface area contributed by atoms with E-state index in [-0.39, 0.29) is 44.5 Å². The second-order valence-corrected chi connectivity index (χ2v) is 13.9. The number of aromatic hydroxyl groups is 1. The van der Waals surface area contributed by atoms with E-state index < -0.39 is 104 Å². The molecule has 6 atom stereocenters. The lowest BCUT2D eigenvalue weighted by atomic mass is 9.56. The minimum absolute atomic E-state index is 0.0675. The summed E-state index contributed by atoms with van der Waals surface area (Å²) in [5, 5.41) is 19.3. The van der Waals surface area contributed by atoms with Crippen molar-refractivity contribution in [3.05, 3.63) is 99.3 Å². The standard InChI is InChI=1S/C33H18Cl3F5N2O7/c34-18-9-13(44)4-5-15(18)20-14-6-7-16-19(28(46)42(27(16)45)12-3-1-2-11(8-12)29(47)48)17(14)10-32(35)30(49)43(31(50)33(20,32)36)26-24(40)22(38)21(37)23(39)25(26)41/h1-6,8-9,16-17,19-20,44H,7,10H2,(H,47,48). The number of rotatable bonds is 4. The number of alkyl halides is 2. The number of allylic oxidation sites excluding steroid dienone is 2. The summed E-state index contributed by atoms with van der Waals surface area (Å²) < 4.78 is 73.1. The lowest BCUT2D eigenvalue weighted by Gasteiger charge is -2.50. The molecular weight excluding hydrogens is 738 g/mol. The Morgan fingerprint density at radius 2 is 1.46 bits per heavy atom. The molecule has 0 spiro atoms. The van der Waals surface area contributed by atoms with Crippen LogP contribution in [-0.2, 0) is 19.2 Å². The summed E-state index contributed by atoms with van der Waals surface area (Å²) in [6.45, 7) is 0. The second kappa shape index (κ2) is 11.2. The van der Waals surface area contributed by atoms with Gasteiger partial charge in [-0.1, -0.05) is 35.4 Å². The van der Waals surface area contributed by atoms with Gasteiger partial charge in [0.1, 0.15) is 11.4 Å². The predicted octanol–water partition coefficient (Wildman–Crippen LogP) is 6.21. The van der Waals surface area contributed by atoms with Gasteiger partial charge in [-0.2, -0.15) is 0 Å². The maximum absolute atomic E-state index is 15.2. The molecule has 3 fully saturated rings. The van der Waals surface area contributed by atoms with Crippen LogP contribution in [0.3, 0.4) is 0 Å². The van der Waals surface area contributed by atoms with Gasteiger partial charge in [0.25, 0.3) is 11.8 Å². The van der Waals surface area contributed by atoms with Crippen LogP contribution < -0.4 is 9.80 Å². The number of carbonyl (C=O) groups is 5. The molecular formula is C33H18Cl3F5N2O7. The van der Waals surface area contributed by atoms with E-state index in [4.69, 9.17) is 34.8 Å². The highest BCUT2D eigenvalue weighted by atomic mass is 35.5. The van der Waals surface area contributed by atoms with Crippen LogP contribution >= 0.6 is 34.8 Å². The van der Waals surface area contributed by atoms with Crippen molar-refractivity contribution < 1.29 is 56.1 Å². The molecule has 7 rings (SSSR count). The number of phenolic OH excluding ortho intramolecular Hbond substituents is 1. The number of fused-ring (bicyclic) bond motifs is 4. The van der Waals surface area contributed by atoms with Crippen molar-refractivity contribution in [2.75, 3.05) is 9.80 Å². The van der Waals surface area contributed by atoms with Crippen LogP contribution in [0.4, 0.5) is 33.3 Å². The molecule has 17 heteroatoms. The number of aromatic carboxylic acids is 1. The van der Waals surface area contributed by atoms with Crippen LogP contribution in [0.25, 0.3) is 0 Å². The molecule has 0 aromatic heterocycles. The number of phenols is 1. The predicted molar refractivity (Wildman–Crippen MR) is 165 cm³/mol. The number of amides is 4. The van der Waals surface area contributed by atoms with Crippen molar-refractivity contribution in [1.82, 2.24) is 0 Å². The zero-order valence-corrected chi connectivity index (χ0v) is 27.0. The van der Waals surface area contributed by atoms with Crippen molar-refractivity contribution in [2.24, 2.45) is 17.8 Å². The van der Waals surface area contributed by atoms with E-state index in [1.54, 1.807) is 0 Å². The van der Waals surface area contributed by atoms with Gasteiger partial charge >= 0.3 is 5.97 Å². The first-order valence-electron chi connectivity index (χ1n) is 14.6. The average Bonchev–Trinajstić information content (AvgIpc) is 3.41. The van der Waals surface area contributed by atoms with Crippen LogP contribution in [0.2, 0.25) is 5.02 Å². The Kier molecular flexibility index (Phi) is 7.63. The highest BCUT2D eigenvalue weighted by molar-refractivity contribution is 6.58. The maximum atomic E-state index is 15.2. The monoisotopic (exact) mass is 754 g/mol. The number of carboxylic acids is 1. The molecule has 6 unspecified atom stereocenters. The number of carbonyl (C=O) groups excluding carboxylic acids is 4. The number of halogens is 8. The number of carboxylic acid groups (broad SMARTS) is 1. The van der Waals surface area contributed by atoms with E-state index in [0.717, 1.165) is 23.1 Å². The second-order valence-electron chi connectivity index (χ2n) is 12.3. The fourth-order valence-corrected chi connectivity index (χ4v) is 8.91. The van der Waals surface area contributed by atoms with Crippen molar-refractivity contribution in [2.45, 2.75) is 28.5 Å². The van der Waals surface area contributed by atoms with E-state index in [1.807, 2.05) is 0 Å². The first-order chi connectivity index (χ1) is 23.5. The van der Waals surface area contributed by atoms with E-state index >= 15 is 8.78 Å². The summed E-state index contributed by atoms with van der Waals surface area (Å²) in [7, 11) is 0. The van der Waals surface area contributed by atoms with E-state index in [2.05, 4.69) is 0 Å². The highest BCUT2D eigenvalue weighted by Gasteiger charge is 2.77. The third-order valence-corrected chi connectivity index (χ3v) is 11.6. The number of hydrogen-bond donors (Lipinski definition) is 2. The van der Waals surface area contributed by atoms with Crippen molar-refractivity contribution in [1.29, 1.82) is 0 Å². The fraction of sp³-hybridized carbons (Fsp3) is 0.242. The summed E-state index contributed by atoms with van der Waals surface area (Å²) in [5.41, 5.74) is -2.14. The summed E-state index contributed by atoms with van der Waals surface area (Å²) in [6.07, 6.45) is 0.589. The van der Waals surface area contributed by atoms with E-state index in [0.29, 0.717) is 0 Å². The van der Waals surface area contributed by atoms with Gasteiger partial charge in [0.15, 0.2) is 33.0 Å². The van der Waals surface area contributed by atoms with Gasteiger partial charge in [-0.15, -0.1) is 23.2 Å². The fourth-order valence-electron chi connectivity index (χ4n) is 7.69. The smallest absolute Gasteiger partial charge is 0.335 e. The molecule has 2 aliphatic heterocycles. The topological polar surface area (TPSA) is 132 Å². The molecule has 4 aliphatic rings. The molecule has 2 N–H and O–H groups in total. The Morgan fingerprint density at radius 1 is 0.820 bits per heavy atom. The van der Waals surface area contributed by atoms with Gasteiger partial charge in [0, 0.05) is 10.9 Å². The van der Waals surface area contributed by atoms with Gasteiger partial charge < -0.3 is 10.2 Å². The summed E-state index contributed by atoms with van der Waals surface area (Å²) in [5.74, 6) is -24.3. The van der Waals surface area contributed by atoms with Gasteiger partial charge in [-0.05, 0) is 54.7 Å². The highest BCUT2D eigenvalue weighted by Crippen LogP contribution is 2.66. The van der Waals surface area contributed by atoms with Crippen LogP contribution in [0.5, 0.6) is 5.75 Å². The molecule has 258 valence electrons. The first-order valence-corrected chi connectivity index (χ1v) is 15.8. The molecule has 2 aliphatic carbocycles. The lowest BCUT2D eigenvalue weighted by molar-refractivity contribution is -0.125. The number of benzene rings is 3. The van der Waals surface area contributed by atoms with E-state index in [1.165, 1.54) is 30.3 Å². The Labute approximate surface area is 292 Å². The molecule has 1 saturated carbocycles. The molecule has 4 amide bonds. The van der Waals surface area contributed by atoms with Crippen molar-refractivity contribution in [3.8, 4) is 5.75 Å². The van der Waals surface area contributed by atoms with Crippen LogP contribution in [-0.4, -0.2) is 49.6 Å². The van der Waals surface area contributed by atoms with Gasteiger partial charge in [0.2, 0.25) is 17.6 Å². The van der Waals surface area contributed by atoms with Crippen LogP contribution in [0.1, 0.15) is 34.7 Å². The summed E-state index contributed by atoms with van der Waals surface area (Å²) in [4.78, 5) is 63.0. The molecule has 3 aromatic carbocycles. The summed E-state index contributed by atoms with van der Waals surface area (Å²) >= 11 is 20.6. The number of imide groups is 2. The number of anilines is 2. The maximum Gasteiger partial charge on any atom is 0.335 e. The van der Waals surface area contributed by atoms with Gasteiger partial charge in [-0.25, -0.2) is 31.6 Å². The quantitative estimate of drug-likeness (QED) is 0.0809. The van der Waals surface area contributed by atoms with Crippen LogP contribution in [0, 0.1) is 46.8 Å². The SMILES string of the molecule is O=C(O)c1cccc(N2C(=O)C3CC=C4C(CC5(Cl)C(=O)N(c6c(F)c(F)c(F)c(F)c6F)C(=O)C5(Cl)C4c4ccc(O)cc4Cl)C3C2=O)c1. The molecule has 0 radical (unpaired) electrons. The Morgan fingerprint density at radius 3 is 2.08 bits per heavy atom. The molecule has 2 saturated heterocycles. The molecule has 50 heavy (non-hydrogen) atoms. The van der Waals surface area contributed by atoms with Crippen molar-refractivity contribution >= 4 is 75.8 Å². The molecule has 3 aromatic rings. The third kappa shape index (κ3) is 4.27. The average molecular weight is 756 g/mol. The normalized spacial score (nSPS) is 28.8. The molecule has 2 heterocycles. The third-order valence-electron chi connectivity index (χ3n) is 9.87. The van der Waals surface area contributed by atoms with Crippen molar-refractivity contribution in [3.63, 3.8) is 0 Å². The lowest BCUT2D eigenvalue weighted by Crippen LogP contribution is -2.60. The molecule has 0 bridgehead atoms. The summed E-state index contributed by atoms with van der Waals surface area (Å²) in [6, 6.07) is 8.40. The van der Waals surface area contributed by atoms with E-state index in [9.17, 15) is 47.4 Å². The minimum atomic E-state index is -2.79. The first kappa shape index (κ1) is 33.9. The van der Waals surface area contributed by atoms with Gasteiger partial charge in [-0.3, -0.25) is 24.1 Å². The Balaban J connectivity index is 1.43. The minimum Gasteiger partial charge on any atom is -0.508 e.